The van der Waals surface area contributed by atoms with Crippen molar-refractivity contribution in [2.75, 3.05) is 13.7 Å². The molecular weight excluding hydrogens is 495 g/mol. The molecule has 0 spiro atoms. The zero-order valence-corrected chi connectivity index (χ0v) is 21.4. The standard InChI is InChI=1S/C25H26Cl2N2O4S/c1-4-33-24-14-7-19(25(30)28-17(2)18-5-8-21(26)9-6-18)15-20(24)16-29(3)34(31,32)23-12-10-22(27)11-13-23/h5-15,17H,4,16H2,1-3H3,(H,28,30). The molecule has 0 aliphatic rings. The second kappa shape index (κ2) is 11.2. The maximum Gasteiger partial charge on any atom is 0.251 e. The molecule has 3 aromatic carbocycles. The first-order valence-electron chi connectivity index (χ1n) is 10.7. The molecule has 0 aromatic heterocycles. The number of hydrogen-bond donors (Lipinski definition) is 1. The fourth-order valence-electron chi connectivity index (χ4n) is 3.37. The Morgan fingerprint density at radius 3 is 2.18 bits per heavy atom. The van der Waals surface area contributed by atoms with Gasteiger partial charge in [0.05, 0.1) is 17.5 Å². The second-order valence-corrected chi connectivity index (χ2v) is 10.6. The van der Waals surface area contributed by atoms with Crippen molar-refractivity contribution < 1.29 is 17.9 Å². The number of rotatable bonds is 9. The lowest BCUT2D eigenvalue weighted by atomic mass is 10.1. The Balaban J connectivity index is 1.83. The summed E-state index contributed by atoms with van der Waals surface area (Å²) in [4.78, 5) is 13.1. The van der Waals surface area contributed by atoms with Gasteiger partial charge in [-0.2, -0.15) is 4.31 Å². The van der Waals surface area contributed by atoms with Gasteiger partial charge in [0.15, 0.2) is 0 Å². The van der Waals surface area contributed by atoms with Gasteiger partial charge in [-0.1, -0.05) is 35.3 Å². The lowest BCUT2D eigenvalue weighted by molar-refractivity contribution is 0.0939. The minimum Gasteiger partial charge on any atom is -0.494 e. The number of carbonyl (C=O) groups excluding carboxylic acids is 1. The molecule has 6 nitrogen and oxygen atoms in total. The van der Waals surface area contributed by atoms with Crippen LogP contribution >= 0.6 is 23.2 Å². The second-order valence-electron chi connectivity index (χ2n) is 7.72. The molecule has 1 N–H and O–H groups in total. The van der Waals surface area contributed by atoms with Crippen LogP contribution in [0, 0.1) is 0 Å². The molecule has 0 aliphatic heterocycles. The van der Waals surface area contributed by atoms with E-state index in [1.807, 2.05) is 26.0 Å². The van der Waals surface area contributed by atoms with E-state index in [1.165, 1.54) is 35.6 Å². The molecule has 34 heavy (non-hydrogen) atoms. The molecular formula is C25H26Cl2N2O4S. The van der Waals surface area contributed by atoms with E-state index >= 15 is 0 Å². The van der Waals surface area contributed by atoms with Crippen LogP contribution < -0.4 is 10.1 Å². The SMILES string of the molecule is CCOc1ccc(C(=O)NC(C)c2ccc(Cl)cc2)cc1CN(C)S(=O)(=O)c1ccc(Cl)cc1. The summed E-state index contributed by atoms with van der Waals surface area (Å²) in [5.41, 5.74) is 1.89. The third kappa shape index (κ3) is 6.30. The highest BCUT2D eigenvalue weighted by molar-refractivity contribution is 7.89. The largest absolute Gasteiger partial charge is 0.494 e. The maximum atomic E-state index is 13.0. The van der Waals surface area contributed by atoms with E-state index in [-0.39, 0.29) is 23.4 Å². The van der Waals surface area contributed by atoms with Crippen molar-refractivity contribution in [3.63, 3.8) is 0 Å². The minimum absolute atomic E-state index is 0.0220. The summed E-state index contributed by atoms with van der Waals surface area (Å²) >= 11 is 11.8. The van der Waals surface area contributed by atoms with Crippen LogP contribution in [0.1, 0.15) is 41.4 Å². The van der Waals surface area contributed by atoms with Crippen molar-refractivity contribution in [2.45, 2.75) is 31.3 Å². The molecule has 0 fully saturated rings. The number of amides is 1. The summed E-state index contributed by atoms with van der Waals surface area (Å²) in [6.07, 6.45) is 0. The quantitative estimate of drug-likeness (QED) is 0.392. The smallest absolute Gasteiger partial charge is 0.251 e. The van der Waals surface area contributed by atoms with Gasteiger partial charge in [-0.05, 0) is 74.0 Å². The first-order chi connectivity index (χ1) is 16.1. The van der Waals surface area contributed by atoms with Gasteiger partial charge in [-0.15, -0.1) is 0 Å². The molecule has 180 valence electrons. The van der Waals surface area contributed by atoms with Gasteiger partial charge in [-0.3, -0.25) is 4.79 Å². The molecule has 0 radical (unpaired) electrons. The Bertz CT molecular complexity index is 1250. The Kier molecular flexibility index (Phi) is 8.60. The number of nitrogens with zero attached hydrogens (tertiary/aromatic N) is 1. The highest BCUT2D eigenvalue weighted by Gasteiger charge is 2.23. The van der Waals surface area contributed by atoms with E-state index in [0.29, 0.717) is 33.5 Å². The Hall–Kier alpha value is -2.58. The average molecular weight is 521 g/mol. The van der Waals surface area contributed by atoms with Crippen LogP contribution in [-0.4, -0.2) is 32.3 Å². The fourth-order valence-corrected chi connectivity index (χ4v) is 4.77. The summed E-state index contributed by atoms with van der Waals surface area (Å²) in [5, 5.41) is 4.03. The molecule has 9 heteroatoms. The topological polar surface area (TPSA) is 75.7 Å². The molecule has 1 amide bonds. The normalized spacial score (nSPS) is 12.4. The molecule has 1 unspecified atom stereocenters. The van der Waals surface area contributed by atoms with Gasteiger partial charge in [0.1, 0.15) is 5.75 Å². The number of halogens is 2. The van der Waals surface area contributed by atoms with E-state index in [4.69, 9.17) is 27.9 Å². The van der Waals surface area contributed by atoms with E-state index < -0.39 is 10.0 Å². The van der Waals surface area contributed by atoms with Gasteiger partial charge in [-0.25, -0.2) is 8.42 Å². The van der Waals surface area contributed by atoms with Crippen molar-refractivity contribution in [1.82, 2.24) is 9.62 Å². The number of nitrogens with one attached hydrogen (secondary N) is 1. The van der Waals surface area contributed by atoms with E-state index in [0.717, 1.165) is 5.56 Å². The summed E-state index contributed by atoms with van der Waals surface area (Å²) < 4.78 is 32.9. The van der Waals surface area contributed by atoms with Crippen LogP contribution in [0.4, 0.5) is 0 Å². The van der Waals surface area contributed by atoms with Crippen LogP contribution in [0.5, 0.6) is 5.75 Å². The van der Waals surface area contributed by atoms with Crippen molar-refractivity contribution in [3.05, 3.63) is 93.5 Å². The molecule has 0 heterocycles. The van der Waals surface area contributed by atoms with E-state index in [9.17, 15) is 13.2 Å². The monoisotopic (exact) mass is 520 g/mol. The number of ether oxygens (including phenoxy) is 1. The first kappa shape index (κ1) is 26.0. The minimum atomic E-state index is -3.77. The van der Waals surface area contributed by atoms with Gasteiger partial charge in [0.2, 0.25) is 10.0 Å². The molecule has 1 atom stereocenters. The number of hydrogen-bond acceptors (Lipinski definition) is 4. The maximum absolute atomic E-state index is 13.0. The van der Waals surface area contributed by atoms with Crippen LogP contribution in [0.15, 0.2) is 71.6 Å². The van der Waals surface area contributed by atoms with Crippen molar-refractivity contribution in [1.29, 1.82) is 0 Å². The zero-order valence-electron chi connectivity index (χ0n) is 19.1. The predicted molar refractivity (Wildman–Crippen MR) is 135 cm³/mol. The van der Waals surface area contributed by atoms with E-state index in [1.54, 1.807) is 30.3 Å². The first-order valence-corrected chi connectivity index (χ1v) is 12.9. The summed E-state index contributed by atoms with van der Waals surface area (Å²) in [6.45, 7) is 4.14. The van der Waals surface area contributed by atoms with Crippen molar-refractivity contribution >= 4 is 39.1 Å². The highest BCUT2D eigenvalue weighted by Crippen LogP contribution is 2.26. The van der Waals surface area contributed by atoms with Crippen LogP contribution in [0.3, 0.4) is 0 Å². The number of carbonyl (C=O) groups is 1. The van der Waals surface area contributed by atoms with Crippen molar-refractivity contribution in [2.24, 2.45) is 0 Å². The van der Waals surface area contributed by atoms with Crippen LogP contribution in [0.2, 0.25) is 10.0 Å². The Morgan fingerprint density at radius 2 is 1.59 bits per heavy atom. The van der Waals surface area contributed by atoms with Gasteiger partial charge in [0.25, 0.3) is 5.91 Å². The molecule has 0 saturated heterocycles. The molecule has 0 aliphatic carbocycles. The highest BCUT2D eigenvalue weighted by atomic mass is 35.5. The molecule has 3 aromatic rings. The third-order valence-electron chi connectivity index (χ3n) is 5.25. The lowest BCUT2D eigenvalue weighted by Gasteiger charge is -2.20. The number of sulfonamides is 1. The Morgan fingerprint density at radius 1 is 1.00 bits per heavy atom. The summed E-state index contributed by atoms with van der Waals surface area (Å²) in [6, 6.07) is 18.0. The third-order valence-corrected chi connectivity index (χ3v) is 7.58. The molecule has 3 rings (SSSR count). The summed E-state index contributed by atoms with van der Waals surface area (Å²) in [5.74, 6) is 0.234. The van der Waals surface area contributed by atoms with Gasteiger partial charge < -0.3 is 10.1 Å². The van der Waals surface area contributed by atoms with Gasteiger partial charge in [0, 0.05) is 34.8 Å². The molecule has 0 saturated carbocycles. The Labute approximate surface area is 210 Å². The molecule has 0 bridgehead atoms. The average Bonchev–Trinajstić information content (AvgIpc) is 2.80. The van der Waals surface area contributed by atoms with Crippen LogP contribution in [-0.2, 0) is 16.6 Å². The van der Waals surface area contributed by atoms with E-state index in [2.05, 4.69) is 5.32 Å². The van der Waals surface area contributed by atoms with Crippen LogP contribution in [0.25, 0.3) is 0 Å². The lowest BCUT2D eigenvalue weighted by Crippen LogP contribution is -2.28. The number of benzene rings is 3. The predicted octanol–water partition coefficient (Wildman–Crippen LogP) is 5.70. The zero-order chi connectivity index (χ0) is 24.9. The van der Waals surface area contributed by atoms with Crippen molar-refractivity contribution in [3.8, 4) is 5.75 Å². The van der Waals surface area contributed by atoms with Gasteiger partial charge >= 0.3 is 0 Å². The summed E-state index contributed by atoms with van der Waals surface area (Å²) in [7, 11) is -2.29. The fraction of sp³-hybridized carbons (Fsp3) is 0.240.